The number of nitrogens with one attached hydrogen (secondary N) is 1. The van der Waals surface area contributed by atoms with Crippen molar-refractivity contribution in [3.8, 4) is 0 Å². The third kappa shape index (κ3) is 4.50. The average Bonchev–Trinajstić information content (AvgIpc) is 2.15. The zero-order valence-electron chi connectivity index (χ0n) is 8.74. The summed E-state index contributed by atoms with van der Waals surface area (Å²) in [5.41, 5.74) is 0. The van der Waals surface area contributed by atoms with Gasteiger partial charge < -0.3 is 10.4 Å². The summed E-state index contributed by atoms with van der Waals surface area (Å²) in [5, 5.41) is 11.4. The van der Waals surface area contributed by atoms with Crippen molar-refractivity contribution in [1.82, 2.24) is 5.32 Å². The molecule has 1 amide bonds. The Morgan fingerprint density at radius 2 is 1.93 bits per heavy atom. The lowest BCUT2D eigenvalue weighted by molar-refractivity contribution is -0.146. The van der Waals surface area contributed by atoms with Crippen molar-refractivity contribution in [2.75, 3.05) is 18.6 Å². The van der Waals surface area contributed by atoms with Gasteiger partial charge in [-0.3, -0.25) is 9.59 Å². The van der Waals surface area contributed by atoms with Gasteiger partial charge in [-0.2, -0.15) is 11.8 Å². The number of hydrogen-bond donors (Lipinski definition) is 2. The van der Waals surface area contributed by atoms with E-state index in [1.807, 2.05) is 6.26 Å². The van der Waals surface area contributed by atoms with Gasteiger partial charge in [0.25, 0.3) is 0 Å². The van der Waals surface area contributed by atoms with Gasteiger partial charge in [0.15, 0.2) is 0 Å². The van der Waals surface area contributed by atoms with E-state index in [0.29, 0.717) is 6.54 Å². The number of carboxylic acids is 1. The molecule has 2 unspecified atom stereocenters. The number of carbonyl (C=O) groups excluding carboxylic acids is 1. The Kier molecular flexibility index (Phi) is 6.36. The Hall–Kier alpha value is -0.710. The molecule has 0 aromatic carbocycles. The maximum absolute atomic E-state index is 11.4. The highest BCUT2D eigenvalue weighted by atomic mass is 32.2. The molecule has 0 aromatic rings. The van der Waals surface area contributed by atoms with E-state index in [-0.39, 0.29) is 5.91 Å². The molecule has 0 aliphatic rings. The summed E-state index contributed by atoms with van der Waals surface area (Å²) in [6.45, 7) is 3.77. The van der Waals surface area contributed by atoms with Crippen LogP contribution in [0, 0.1) is 11.8 Å². The molecule has 4 nitrogen and oxygen atoms in total. The van der Waals surface area contributed by atoms with E-state index < -0.39 is 17.8 Å². The minimum Gasteiger partial charge on any atom is -0.481 e. The van der Waals surface area contributed by atoms with E-state index in [4.69, 9.17) is 5.11 Å². The number of hydrogen-bond acceptors (Lipinski definition) is 3. The molecular formula is C9H17NO3S. The lowest BCUT2D eigenvalue weighted by Crippen LogP contribution is -2.36. The van der Waals surface area contributed by atoms with Gasteiger partial charge in [-0.1, -0.05) is 13.8 Å². The fourth-order valence-electron chi connectivity index (χ4n) is 0.878. The predicted octanol–water partition coefficient (Wildman–Crippen LogP) is 0.822. The largest absolute Gasteiger partial charge is 0.481 e. The first-order valence-electron chi connectivity index (χ1n) is 4.50. The number of carbonyl (C=O) groups is 2. The van der Waals surface area contributed by atoms with Crippen molar-refractivity contribution in [2.24, 2.45) is 11.8 Å². The molecule has 0 aliphatic heterocycles. The lowest BCUT2D eigenvalue weighted by Gasteiger charge is -2.15. The summed E-state index contributed by atoms with van der Waals surface area (Å²) >= 11 is 1.64. The van der Waals surface area contributed by atoms with Crippen molar-refractivity contribution in [3.63, 3.8) is 0 Å². The van der Waals surface area contributed by atoms with E-state index in [1.165, 1.54) is 0 Å². The Morgan fingerprint density at radius 1 is 1.36 bits per heavy atom. The molecule has 0 aliphatic carbocycles. The van der Waals surface area contributed by atoms with Crippen LogP contribution >= 0.6 is 11.8 Å². The summed E-state index contributed by atoms with van der Waals surface area (Å²) in [4.78, 5) is 22.0. The van der Waals surface area contributed by atoms with Crippen LogP contribution in [0.4, 0.5) is 0 Å². The maximum Gasteiger partial charge on any atom is 0.307 e. The van der Waals surface area contributed by atoms with Gasteiger partial charge in [-0.05, 0) is 6.26 Å². The van der Waals surface area contributed by atoms with Gasteiger partial charge >= 0.3 is 5.97 Å². The SMILES string of the molecule is CSCCNC(=O)C(C)C(C)C(=O)O. The molecule has 82 valence electrons. The van der Waals surface area contributed by atoms with Crippen molar-refractivity contribution in [1.29, 1.82) is 0 Å². The quantitative estimate of drug-likeness (QED) is 0.649. The third-order valence-corrected chi connectivity index (χ3v) is 2.77. The second-order valence-corrected chi connectivity index (χ2v) is 4.19. The number of carboxylic acid groups (broad SMARTS) is 1. The molecule has 0 heterocycles. The van der Waals surface area contributed by atoms with Crippen LogP contribution in [-0.2, 0) is 9.59 Å². The van der Waals surface area contributed by atoms with Gasteiger partial charge in [0.1, 0.15) is 0 Å². The second kappa shape index (κ2) is 6.70. The Morgan fingerprint density at radius 3 is 2.36 bits per heavy atom. The van der Waals surface area contributed by atoms with Gasteiger partial charge in [0.2, 0.25) is 5.91 Å². The standard InChI is InChI=1S/C9H17NO3S/c1-6(7(2)9(12)13)8(11)10-4-5-14-3/h6-7H,4-5H2,1-3H3,(H,10,11)(H,12,13). The maximum atomic E-state index is 11.4. The molecule has 2 N–H and O–H groups in total. The molecule has 0 saturated heterocycles. The van der Waals surface area contributed by atoms with Crippen LogP contribution in [0.25, 0.3) is 0 Å². The third-order valence-electron chi connectivity index (χ3n) is 2.16. The Labute approximate surface area is 88.4 Å². The fraction of sp³-hybridized carbons (Fsp3) is 0.778. The summed E-state index contributed by atoms with van der Waals surface area (Å²) in [6, 6.07) is 0. The van der Waals surface area contributed by atoms with Crippen molar-refractivity contribution < 1.29 is 14.7 Å². The lowest BCUT2D eigenvalue weighted by atomic mass is 9.95. The van der Waals surface area contributed by atoms with Gasteiger partial charge in [0.05, 0.1) is 5.92 Å². The first-order valence-corrected chi connectivity index (χ1v) is 5.89. The zero-order valence-corrected chi connectivity index (χ0v) is 9.56. The molecule has 0 fully saturated rings. The Bertz CT molecular complexity index is 208. The molecular weight excluding hydrogens is 202 g/mol. The molecule has 0 saturated carbocycles. The summed E-state index contributed by atoms with van der Waals surface area (Å²) in [6.07, 6.45) is 1.95. The molecule has 0 rings (SSSR count). The van der Waals surface area contributed by atoms with E-state index in [9.17, 15) is 9.59 Å². The summed E-state index contributed by atoms with van der Waals surface area (Å²) in [5.74, 6) is -1.38. The smallest absolute Gasteiger partial charge is 0.307 e. The van der Waals surface area contributed by atoms with Crippen molar-refractivity contribution in [2.45, 2.75) is 13.8 Å². The van der Waals surface area contributed by atoms with E-state index in [0.717, 1.165) is 5.75 Å². The number of aliphatic carboxylic acids is 1. The minimum absolute atomic E-state index is 0.186. The molecule has 5 heteroatoms. The molecule has 14 heavy (non-hydrogen) atoms. The zero-order chi connectivity index (χ0) is 11.1. The molecule has 0 spiro atoms. The van der Waals surface area contributed by atoms with Crippen molar-refractivity contribution in [3.05, 3.63) is 0 Å². The van der Waals surface area contributed by atoms with Crippen LogP contribution < -0.4 is 5.32 Å². The molecule has 2 atom stereocenters. The number of thioether (sulfide) groups is 1. The van der Waals surface area contributed by atoms with E-state index >= 15 is 0 Å². The van der Waals surface area contributed by atoms with Gasteiger partial charge in [0, 0.05) is 18.2 Å². The normalized spacial score (nSPS) is 14.5. The van der Waals surface area contributed by atoms with Crippen LogP contribution in [0.5, 0.6) is 0 Å². The van der Waals surface area contributed by atoms with Crippen LogP contribution in [0.1, 0.15) is 13.8 Å². The van der Waals surface area contributed by atoms with Crippen LogP contribution in [0.3, 0.4) is 0 Å². The summed E-state index contributed by atoms with van der Waals surface area (Å²) < 4.78 is 0. The van der Waals surface area contributed by atoms with Crippen LogP contribution in [0.15, 0.2) is 0 Å². The molecule has 0 bridgehead atoms. The number of amides is 1. The van der Waals surface area contributed by atoms with Crippen molar-refractivity contribution >= 4 is 23.6 Å². The monoisotopic (exact) mass is 219 g/mol. The van der Waals surface area contributed by atoms with E-state index in [1.54, 1.807) is 25.6 Å². The minimum atomic E-state index is -0.933. The average molecular weight is 219 g/mol. The second-order valence-electron chi connectivity index (χ2n) is 3.20. The van der Waals surface area contributed by atoms with Gasteiger partial charge in [-0.25, -0.2) is 0 Å². The van der Waals surface area contributed by atoms with Crippen LogP contribution in [-0.4, -0.2) is 35.5 Å². The fourth-order valence-corrected chi connectivity index (χ4v) is 1.18. The van der Waals surface area contributed by atoms with Gasteiger partial charge in [-0.15, -0.1) is 0 Å². The summed E-state index contributed by atoms with van der Waals surface area (Å²) in [7, 11) is 0. The highest BCUT2D eigenvalue weighted by molar-refractivity contribution is 7.98. The van der Waals surface area contributed by atoms with Crippen LogP contribution in [0.2, 0.25) is 0 Å². The molecule has 0 aromatic heterocycles. The molecule has 0 radical (unpaired) electrons. The first kappa shape index (κ1) is 13.3. The number of rotatable bonds is 6. The first-order chi connectivity index (χ1) is 6.50. The van der Waals surface area contributed by atoms with E-state index in [2.05, 4.69) is 5.32 Å². The topological polar surface area (TPSA) is 66.4 Å². The predicted molar refractivity (Wildman–Crippen MR) is 57.4 cm³/mol. The highest BCUT2D eigenvalue weighted by Crippen LogP contribution is 2.10. The highest BCUT2D eigenvalue weighted by Gasteiger charge is 2.25. The Balaban J connectivity index is 3.92.